The first-order valence-corrected chi connectivity index (χ1v) is 5.94. The van der Waals surface area contributed by atoms with E-state index in [1.807, 2.05) is 27.7 Å². The zero-order valence-electron chi connectivity index (χ0n) is 10.8. The van der Waals surface area contributed by atoms with Crippen molar-refractivity contribution in [2.75, 3.05) is 13.1 Å². The van der Waals surface area contributed by atoms with Gasteiger partial charge in [-0.1, -0.05) is 6.92 Å². The van der Waals surface area contributed by atoms with Gasteiger partial charge in [0.15, 0.2) is 0 Å². The Bertz CT molecular complexity index is 252. The number of hydrogen-bond donors (Lipinski definition) is 2. The monoisotopic (exact) mass is 228 g/mol. The topological polar surface area (TPSA) is 64.3 Å². The Hall–Kier alpha value is -0.610. The fraction of sp³-hybridized carbons (Fsp3) is 0.917. The molecule has 0 radical (unpaired) electrons. The van der Waals surface area contributed by atoms with Gasteiger partial charge in [-0.3, -0.25) is 4.79 Å². The largest absolute Gasteiger partial charge is 0.459 e. The Kier molecular flexibility index (Phi) is 3.97. The van der Waals surface area contributed by atoms with Crippen LogP contribution >= 0.6 is 0 Å². The number of carbonyl (C=O) groups is 1. The van der Waals surface area contributed by atoms with Crippen LogP contribution in [0.2, 0.25) is 0 Å². The molecule has 2 atom stereocenters. The third-order valence-electron chi connectivity index (χ3n) is 3.04. The van der Waals surface area contributed by atoms with Crippen molar-refractivity contribution in [3.63, 3.8) is 0 Å². The van der Waals surface area contributed by atoms with E-state index in [-0.39, 0.29) is 11.4 Å². The van der Waals surface area contributed by atoms with Gasteiger partial charge in [-0.05, 0) is 40.2 Å². The molecule has 4 heteroatoms. The SMILES string of the molecule is CC(C)(C)OC(=O)[C@@H](N)[C@]1(C)CCCNC1. The molecular formula is C12H24N2O2. The van der Waals surface area contributed by atoms with Gasteiger partial charge in [0.05, 0.1) is 0 Å². The predicted octanol–water partition coefficient (Wildman–Crippen LogP) is 1.05. The van der Waals surface area contributed by atoms with Gasteiger partial charge in [-0.15, -0.1) is 0 Å². The van der Waals surface area contributed by atoms with Crippen LogP contribution in [0.3, 0.4) is 0 Å². The van der Waals surface area contributed by atoms with Gasteiger partial charge in [-0.2, -0.15) is 0 Å². The fourth-order valence-corrected chi connectivity index (χ4v) is 1.99. The van der Waals surface area contributed by atoms with E-state index in [2.05, 4.69) is 5.32 Å². The number of rotatable bonds is 2. The van der Waals surface area contributed by atoms with Crippen molar-refractivity contribution in [3.8, 4) is 0 Å². The predicted molar refractivity (Wildman–Crippen MR) is 64.0 cm³/mol. The second kappa shape index (κ2) is 4.72. The number of hydrogen-bond acceptors (Lipinski definition) is 4. The first-order chi connectivity index (χ1) is 7.25. The smallest absolute Gasteiger partial charge is 0.324 e. The Morgan fingerprint density at radius 1 is 1.50 bits per heavy atom. The summed E-state index contributed by atoms with van der Waals surface area (Å²) >= 11 is 0. The number of carbonyl (C=O) groups excluding carboxylic acids is 1. The molecule has 0 aromatic rings. The molecule has 1 fully saturated rings. The van der Waals surface area contributed by atoms with E-state index in [0.29, 0.717) is 0 Å². The molecule has 0 saturated carbocycles. The third-order valence-corrected chi connectivity index (χ3v) is 3.04. The first kappa shape index (κ1) is 13.5. The summed E-state index contributed by atoms with van der Waals surface area (Å²) in [4.78, 5) is 11.9. The van der Waals surface area contributed by atoms with Crippen LogP contribution in [-0.2, 0) is 9.53 Å². The summed E-state index contributed by atoms with van der Waals surface area (Å²) in [6.45, 7) is 9.43. The molecule has 1 rings (SSSR count). The molecule has 16 heavy (non-hydrogen) atoms. The van der Waals surface area contributed by atoms with Crippen molar-refractivity contribution in [3.05, 3.63) is 0 Å². The lowest BCUT2D eigenvalue weighted by Crippen LogP contribution is -2.54. The molecule has 0 aromatic carbocycles. The highest BCUT2D eigenvalue weighted by molar-refractivity contribution is 5.77. The third kappa shape index (κ3) is 3.46. The molecule has 1 saturated heterocycles. The number of esters is 1. The van der Waals surface area contributed by atoms with Crippen LogP contribution in [0.4, 0.5) is 0 Å². The molecule has 0 spiro atoms. The van der Waals surface area contributed by atoms with Crippen LogP contribution < -0.4 is 11.1 Å². The number of nitrogens with one attached hydrogen (secondary N) is 1. The van der Waals surface area contributed by atoms with Gasteiger partial charge in [0, 0.05) is 12.0 Å². The molecule has 1 aliphatic rings. The second-order valence-corrected chi connectivity index (χ2v) is 5.95. The van der Waals surface area contributed by atoms with Gasteiger partial charge in [0.25, 0.3) is 0 Å². The Morgan fingerprint density at radius 2 is 2.12 bits per heavy atom. The van der Waals surface area contributed by atoms with Gasteiger partial charge in [0.2, 0.25) is 0 Å². The highest BCUT2D eigenvalue weighted by Crippen LogP contribution is 2.29. The molecule has 0 aliphatic carbocycles. The quantitative estimate of drug-likeness (QED) is 0.693. The van der Waals surface area contributed by atoms with Crippen molar-refractivity contribution in [2.24, 2.45) is 11.1 Å². The van der Waals surface area contributed by atoms with Crippen LogP contribution in [0.5, 0.6) is 0 Å². The molecule has 94 valence electrons. The van der Waals surface area contributed by atoms with Gasteiger partial charge >= 0.3 is 5.97 Å². The Balaban J connectivity index is 2.61. The minimum absolute atomic E-state index is 0.180. The zero-order chi connectivity index (χ0) is 12.4. The molecule has 1 heterocycles. The minimum atomic E-state index is -0.542. The number of piperidine rings is 1. The second-order valence-electron chi connectivity index (χ2n) is 5.95. The molecule has 0 bridgehead atoms. The van der Waals surface area contributed by atoms with Crippen LogP contribution in [0.25, 0.3) is 0 Å². The fourth-order valence-electron chi connectivity index (χ4n) is 1.99. The minimum Gasteiger partial charge on any atom is -0.459 e. The molecule has 0 aromatic heterocycles. The van der Waals surface area contributed by atoms with E-state index in [4.69, 9.17) is 10.5 Å². The van der Waals surface area contributed by atoms with Crippen molar-refractivity contribution >= 4 is 5.97 Å². The average Bonchev–Trinajstić information content (AvgIpc) is 2.15. The highest BCUT2D eigenvalue weighted by Gasteiger charge is 2.39. The van der Waals surface area contributed by atoms with E-state index in [9.17, 15) is 4.79 Å². The Morgan fingerprint density at radius 3 is 2.56 bits per heavy atom. The molecule has 3 N–H and O–H groups in total. The number of nitrogens with two attached hydrogens (primary N) is 1. The molecule has 4 nitrogen and oxygen atoms in total. The zero-order valence-corrected chi connectivity index (χ0v) is 10.8. The van der Waals surface area contributed by atoms with Crippen molar-refractivity contribution in [2.45, 2.75) is 52.2 Å². The van der Waals surface area contributed by atoms with E-state index in [1.165, 1.54) is 0 Å². The van der Waals surface area contributed by atoms with Crippen LogP contribution in [0, 0.1) is 5.41 Å². The molecule has 0 unspecified atom stereocenters. The van der Waals surface area contributed by atoms with E-state index in [0.717, 1.165) is 25.9 Å². The summed E-state index contributed by atoms with van der Waals surface area (Å²) in [6.07, 6.45) is 2.04. The lowest BCUT2D eigenvalue weighted by molar-refractivity contribution is -0.160. The van der Waals surface area contributed by atoms with Crippen molar-refractivity contribution < 1.29 is 9.53 Å². The van der Waals surface area contributed by atoms with Gasteiger partial charge < -0.3 is 15.8 Å². The van der Waals surface area contributed by atoms with Crippen molar-refractivity contribution in [1.29, 1.82) is 0 Å². The maximum absolute atomic E-state index is 11.9. The molecule has 1 aliphatic heterocycles. The van der Waals surface area contributed by atoms with Crippen molar-refractivity contribution in [1.82, 2.24) is 5.32 Å². The highest BCUT2D eigenvalue weighted by atomic mass is 16.6. The first-order valence-electron chi connectivity index (χ1n) is 5.94. The van der Waals surface area contributed by atoms with Crippen LogP contribution in [0.15, 0.2) is 0 Å². The van der Waals surface area contributed by atoms with E-state index >= 15 is 0 Å². The van der Waals surface area contributed by atoms with Gasteiger partial charge in [-0.25, -0.2) is 0 Å². The average molecular weight is 228 g/mol. The van der Waals surface area contributed by atoms with Crippen LogP contribution in [-0.4, -0.2) is 30.7 Å². The standard InChI is InChI=1S/C12H24N2O2/c1-11(2,3)16-10(15)9(13)12(4)6-5-7-14-8-12/h9,14H,5-8,13H2,1-4H3/t9-,12-/m1/s1. The summed E-state index contributed by atoms with van der Waals surface area (Å²) in [7, 11) is 0. The summed E-state index contributed by atoms with van der Waals surface area (Å²) in [5, 5.41) is 3.29. The number of ether oxygens (including phenoxy) is 1. The summed E-state index contributed by atoms with van der Waals surface area (Å²) in [5.41, 5.74) is 5.37. The molecular weight excluding hydrogens is 204 g/mol. The van der Waals surface area contributed by atoms with Gasteiger partial charge in [0.1, 0.15) is 11.6 Å². The lowest BCUT2D eigenvalue weighted by atomic mass is 9.76. The maximum Gasteiger partial charge on any atom is 0.324 e. The summed E-state index contributed by atoms with van der Waals surface area (Å²) in [6, 6.07) is -0.542. The maximum atomic E-state index is 11.9. The van der Waals surface area contributed by atoms with E-state index < -0.39 is 11.6 Å². The summed E-state index contributed by atoms with van der Waals surface area (Å²) < 4.78 is 5.33. The van der Waals surface area contributed by atoms with Crippen LogP contribution in [0.1, 0.15) is 40.5 Å². The van der Waals surface area contributed by atoms with E-state index in [1.54, 1.807) is 0 Å². The lowest BCUT2D eigenvalue weighted by Gasteiger charge is -2.38. The summed E-state index contributed by atoms with van der Waals surface area (Å²) in [5.74, 6) is -0.293. The normalized spacial score (nSPS) is 28.6. The Labute approximate surface area is 97.9 Å². The molecule has 0 amide bonds.